The third-order valence-electron chi connectivity index (χ3n) is 11.0. The Morgan fingerprint density at radius 3 is 2.48 bits per heavy atom. The summed E-state index contributed by atoms with van der Waals surface area (Å²) in [5.41, 5.74) is 6.90. The zero-order valence-corrected chi connectivity index (χ0v) is 32.7. The van der Waals surface area contributed by atoms with Crippen LogP contribution in [0.15, 0.2) is 60.8 Å². The number of aliphatic hydroxyl groups excluding tert-OH is 1. The van der Waals surface area contributed by atoms with E-state index in [2.05, 4.69) is 37.1 Å². The molecule has 1 saturated heterocycles. The summed E-state index contributed by atoms with van der Waals surface area (Å²) in [5, 5.41) is 13.7. The molecule has 0 unspecified atom stereocenters. The van der Waals surface area contributed by atoms with E-state index in [-0.39, 0.29) is 23.8 Å². The van der Waals surface area contributed by atoms with E-state index < -0.39 is 12.2 Å². The molecular formula is C42H46ClF2N7O4. The van der Waals surface area contributed by atoms with Crippen molar-refractivity contribution in [2.24, 2.45) is 5.92 Å². The van der Waals surface area contributed by atoms with Gasteiger partial charge >= 0.3 is 5.97 Å². The number of halogens is 3. The SMILES string of the molecule is COC(=O)C1CCC(N(C)Cc2ccc(-c3cccc(-c4cccc(Nc5nc(C(F)F)nc6cc(CN7CC[C@@H](O)C7)cnc56)c4C)c3Cl)nc2OC)CC1. The molecule has 5 aromatic rings. The van der Waals surface area contributed by atoms with Crippen LogP contribution in [-0.4, -0.2) is 87.3 Å². The minimum Gasteiger partial charge on any atom is -0.481 e. The Morgan fingerprint density at radius 1 is 1.02 bits per heavy atom. The fraction of sp³-hybridized carbons (Fsp3) is 0.405. The number of methoxy groups -OCH3 is 2. The molecule has 1 aliphatic heterocycles. The van der Waals surface area contributed by atoms with Gasteiger partial charge in [0.05, 0.1) is 42.5 Å². The van der Waals surface area contributed by atoms with Gasteiger partial charge in [-0.3, -0.25) is 19.6 Å². The highest BCUT2D eigenvalue weighted by Gasteiger charge is 2.29. The summed E-state index contributed by atoms with van der Waals surface area (Å²) < 4.78 is 38.9. The topological polar surface area (TPSA) is 126 Å². The maximum atomic E-state index is 14.1. The zero-order chi connectivity index (χ0) is 39.5. The second kappa shape index (κ2) is 17.1. The largest absolute Gasteiger partial charge is 0.481 e. The van der Waals surface area contributed by atoms with E-state index in [0.717, 1.165) is 65.6 Å². The fourth-order valence-electron chi connectivity index (χ4n) is 7.92. The van der Waals surface area contributed by atoms with Crippen molar-refractivity contribution in [3.05, 3.63) is 88.3 Å². The molecule has 2 N–H and O–H groups in total. The summed E-state index contributed by atoms with van der Waals surface area (Å²) >= 11 is 7.17. The van der Waals surface area contributed by atoms with Gasteiger partial charge in [0.2, 0.25) is 5.88 Å². The number of benzene rings is 2. The van der Waals surface area contributed by atoms with Gasteiger partial charge in [0, 0.05) is 60.8 Å². The lowest BCUT2D eigenvalue weighted by molar-refractivity contribution is -0.146. The van der Waals surface area contributed by atoms with Crippen molar-refractivity contribution in [1.82, 2.24) is 29.7 Å². The Labute approximate surface area is 330 Å². The molecule has 0 spiro atoms. The maximum absolute atomic E-state index is 14.1. The standard InChI is InChI=1S/C42H46ClF2N7O4/c1-24-30(7-6-10-33(24)47-39-37-35(48-40(50-39)38(44)45)19-25(20-46-37)21-52-18-17-29(53)23-52)31-8-5-9-32(36(31)43)34-16-13-27(41(49-34)55-3)22-51(2)28-14-11-26(12-15-28)42(54)56-4/h5-10,13,16,19-20,26,28-29,38,53H,11-12,14-15,17-18,21-23H2,1-4H3,(H,47,48,50)/t26?,28?,29-/m1/s1. The molecule has 4 heterocycles. The van der Waals surface area contributed by atoms with Crippen molar-refractivity contribution < 1.29 is 28.2 Å². The number of aromatic nitrogens is 4. The Bertz CT molecular complexity index is 2220. The molecule has 2 fully saturated rings. The lowest BCUT2D eigenvalue weighted by Gasteiger charge is -2.34. The minimum absolute atomic E-state index is 0.0308. The van der Waals surface area contributed by atoms with E-state index in [9.17, 15) is 18.7 Å². The molecule has 11 nitrogen and oxygen atoms in total. The molecule has 2 aliphatic rings. The first-order chi connectivity index (χ1) is 27.0. The smallest absolute Gasteiger partial charge is 0.308 e. The Balaban J connectivity index is 1.13. The second-order valence-corrected chi connectivity index (χ2v) is 15.1. The van der Waals surface area contributed by atoms with Gasteiger partial charge in [-0.05, 0) is 81.0 Å². The van der Waals surface area contributed by atoms with Gasteiger partial charge in [-0.1, -0.05) is 48.0 Å². The molecule has 56 heavy (non-hydrogen) atoms. The van der Waals surface area contributed by atoms with Crippen LogP contribution in [0.5, 0.6) is 5.88 Å². The summed E-state index contributed by atoms with van der Waals surface area (Å²) in [6.45, 7) is 4.40. The number of aliphatic hydroxyl groups is 1. The normalized spacial score (nSPS) is 18.9. The first-order valence-electron chi connectivity index (χ1n) is 18.9. The van der Waals surface area contributed by atoms with Gasteiger partial charge in [0.25, 0.3) is 6.43 Å². The molecule has 1 saturated carbocycles. The highest BCUT2D eigenvalue weighted by molar-refractivity contribution is 6.36. The van der Waals surface area contributed by atoms with Gasteiger partial charge in [-0.25, -0.2) is 23.7 Å². The van der Waals surface area contributed by atoms with Crippen molar-refractivity contribution in [3.8, 4) is 28.3 Å². The van der Waals surface area contributed by atoms with E-state index in [4.69, 9.17) is 26.1 Å². The van der Waals surface area contributed by atoms with Crippen molar-refractivity contribution in [3.63, 3.8) is 0 Å². The highest BCUT2D eigenvalue weighted by atomic mass is 35.5. The number of carbonyl (C=O) groups is 1. The van der Waals surface area contributed by atoms with E-state index in [1.807, 2.05) is 55.5 Å². The molecule has 0 bridgehead atoms. The first kappa shape index (κ1) is 39.4. The number of fused-ring (bicyclic) bond motifs is 1. The van der Waals surface area contributed by atoms with Crippen molar-refractivity contribution in [1.29, 1.82) is 0 Å². The van der Waals surface area contributed by atoms with Crippen LogP contribution >= 0.6 is 11.6 Å². The quantitative estimate of drug-likeness (QED) is 0.119. The molecule has 3 aromatic heterocycles. The van der Waals surface area contributed by atoms with Gasteiger partial charge in [-0.2, -0.15) is 0 Å². The summed E-state index contributed by atoms with van der Waals surface area (Å²) in [6.07, 6.45) is 2.60. The molecule has 294 valence electrons. The third kappa shape index (κ3) is 8.46. The number of nitrogens with one attached hydrogen (secondary N) is 1. The summed E-state index contributed by atoms with van der Waals surface area (Å²) in [4.78, 5) is 34.2. The lowest BCUT2D eigenvalue weighted by atomic mass is 9.85. The Morgan fingerprint density at radius 2 is 1.77 bits per heavy atom. The van der Waals surface area contributed by atoms with Crippen LogP contribution < -0.4 is 10.1 Å². The average molecular weight is 786 g/mol. The number of carbonyl (C=O) groups excluding carboxylic acids is 1. The number of hydrogen-bond acceptors (Lipinski definition) is 11. The van der Waals surface area contributed by atoms with Gasteiger partial charge in [0.15, 0.2) is 11.6 Å². The van der Waals surface area contributed by atoms with Crippen molar-refractivity contribution in [2.45, 2.75) is 70.7 Å². The predicted molar refractivity (Wildman–Crippen MR) is 212 cm³/mol. The molecule has 1 aliphatic carbocycles. The van der Waals surface area contributed by atoms with Crippen LogP contribution in [0, 0.1) is 12.8 Å². The summed E-state index contributed by atoms with van der Waals surface area (Å²) in [7, 11) is 5.14. The number of likely N-dealkylation sites (tertiary alicyclic amines) is 1. The molecule has 0 amide bonds. The molecule has 1 atom stereocenters. The number of alkyl halides is 2. The minimum atomic E-state index is -2.88. The Hall–Kier alpha value is -4.82. The summed E-state index contributed by atoms with van der Waals surface area (Å²) in [6, 6.07) is 17.5. The monoisotopic (exact) mass is 785 g/mol. The maximum Gasteiger partial charge on any atom is 0.308 e. The number of pyridine rings is 2. The number of esters is 1. The van der Waals surface area contributed by atoms with Crippen LogP contribution in [-0.2, 0) is 22.6 Å². The van der Waals surface area contributed by atoms with Crippen LogP contribution in [0.4, 0.5) is 20.3 Å². The molecular weight excluding hydrogens is 740 g/mol. The third-order valence-corrected chi connectivity index (χ3v) is 11.4. The van der Waals surface area contributed by atoms with Gasteiger partial charge < -0.3 is 19.9 Å². The van der Waals surface area contributed by atoms with E-state index >= 15 is 0 Å². The zero-order valence-electron chi connectivity index (χ0n) is 31.9. The summed E-state index contributed by atoms with van der Waals surface area (Å²) in [5.74, 6) is -0.0678. The number of rotatable bonds is 12. The van der Waals surface area contributed by atoms with Crippen LogP contribution in [0.1, 0.15) is 61.0 Å². The fourth-order valence-corrected chi connectivity index (χ4v) is 8.25. The molecule has 14 heteroatoms. The number of nitrogens with zero attached hydrogens (tertiary/aromatic N) is 6. The van der Waals surface area contributed by atoms with Crippen LogP contribution in [0.25, 0.3) is 33.4 Å². The first-order valence-corrected chi connectivity index (χ1v) is 19.2. The molecule has 2 aromatic carbocycles. The Kier molecular flexibility index (Phi) is 12.1. The van der Waals surface area contributed by atoms with Gasteiger partial charge in [-0.15, -0.1) is 0 Å². The molecule has 0 radical (unpaired) electrons. The van der Waals surface area contributed by atoms with E-state index in [1.165, 1.54) is 7.11 Å². The van der Waals surface area contributed by atoms with Crippen molar-refractivity contribution >= 4 is 40.1 Å². The number of β-amino-alcohol motifs (C(OH)–C–C–N with tert-alkyl or cyclic N) is 1. The molecule has 7 rings (SSSR count). The highest BCUT2D eigenvalue weighted by Crippen LogP contribution is 2.40. The number of ether oxygens (including phenoxy) is 2. The van der Waals surface area contributed by atoms with Crippen LogP contribution in [0.2, 0.25) is 5.02 Å². The van der Waals surface area contributed by atoms with Gasteiger partial charge in [0.1, 0.15) is 5.52 Å². The van der Waals surface area contributed by atoms with E-state index in [0.29, 0.717) is 65.4 Å². The lowest BCUT2D eigenvalue weighted by Crippen LogP contribution is -2.36. The number of hydrogen-bond donors (Lipinski definition) is 2. The number of anilines is 2. The van der Waals surface area contributed by atoms with E-state index in [1.54, 1.807) is 19.4 Å². The van der Waals surface area contributed by atoms with Crippen LogP contribution in [0.3, 0.4) is 0 Å². The second-order valence-electron chi connectivity index (χ2n) is 14.7. The predicted octanol–water partition coefficient (Wildman–Crippen LogP) is 8.14. The van der Waals surface area contributed by atoms with Crippen molar-refractivity contribution in [2.75, 3.05) is 39.7 Å². The average Bonchev–Trinajstić information content (AvgIpc) is 3.62.